The molecule has 0 aromatic carbocycles. The van der Waals surface area contributed by atoms with E-state index in [1.54, 1.807) is 0 Å². The minimum atomic E-state index is -0.478. The number of aliphatic hydroxyl groups excluding tert-OH is 1. The van der Waals surface area contributed by atoms with Crippen molar-refractivity contribution in [3.8, 4) is 0 Å². The average molecular weight is 357 g/mol. The van der Waals surface area contributed by atoms with Crippen LogP contribution in [0.5, 0.6) is 0 Å². The van der Waals surface area contributed by atoms with E-state index < -0.39 is 6.10 Å². The van der Waals surface area contributed by atoms with Gasteiger partial charge in [0.05, 0.1) is 31.1 Å². The highest BCUT2D eigenvalue weighted by atomic mass is 16.5. The number of aromatic nitrogens is 4. The molecule has 2 aliphatic heterocycles. The number of H-pyrrole nitrogens is 1. The Labute approximate surface area is 151 Å². The molecule has 0 radical (unpaired) electrons. The van der Waals surface area contributed by atoms with Crippen molar-refractivity contribution in [2.75, 3.05) is 13.2 Å². The van der Waals surface area contributed by atoms with E-state index in [1.165, 1.54) is 0 Å². The van der Waals surface area contributed by atoms with Crippen molar-refractivity contribution in [1.82, 2.24) is 24.9 Å². The minimum Gasteiger partial charge on any atom is -0.386 e. The van der Waals surface area contributed by atoms with Gasteiger partial charge in [0.15, 0.2) is 5.69 Å². The van der Waals surface area contributed by atoms with Gasteiger partial charge in [-0.3, -0.25) is 14.6 Å². The highest BCUT2D eigenvalue weighted by Crippen LogP contribution is 2.40. The lowest BCUT2D eigenvalue weighted by Crippen LogP contribution is -2.32. The van der Waals surface area contributed by atoms with Crippen LogP contribution in [0.2, 0.25) is 0 Å². The van der Waals surface area contributed by atoms with Crippen molar-refractivity contribution in [3.05, 3.63) is 34.4 Å². The Morgan fingerprint density at radius 2 is 2.27 bits per heavy atom. The predicted octanol–water partition coefficient (Wildman–Crippen LogP) is 1.17. The van der Waals surface area contributed by atoms with E-state index in [9.17, 15) is 9.90 Å². The molecule has 8 nitrogen and oxygen atoms in total. The lowest BCUT2D eigenvalue weighted by Gasteiger charge is -2.20. The summed E-state index contributed by atoms with van der Waals surface area (Å²) in [6.45, 7) is 3.03. The number of rotatable bonds is 3. The van der Waals surface area contributed by atoms with Gasteiger partial charge in [-0.05, 0) is 31.2 Å². The molecule has 1 aliphatic carbocycles. The van der Waals surface area contributed by atoms with Crippen molar-refractivity contribution >= 4 is 5.91 Å². The number of aliphatic hydroxyl groups is 1. The van der Waals surface area contributed by atoms with E-state index in [1.807, 2.05) is 15.6 Å². The molecule has 1 fully saturated rings. The smallest absolute Gasteiger partial charge is 0.275 e. The van der Waals surface area contributed by atoms with Crippen LogP contribution >= 0.6 is 0 Å². The molecule has 3 aliphatic rings. The van der Waals surface area contributed by atoms with E-state index in [4.69, 9.17) is 4.74 Å². The zero-order chi connectivity index (χ0) is 17.7. The fourth-order valence-electron chi connectivity index (χ4n) is 3.89. The van der Waals surface area contributed by atoms with Gasteiger partial charge >= 0.3 is 0 Å². The third-order valence-electron chi connectivity index (χ3n) is 5.59. The normalized spacial score (nSPS) is 21.0. The molecule has 0 bridgehead atoms. The highest BCUT2D eigenvalue weighted by Gasteiger charge is 2.34. The van der Waals surface area contributed by atoms with Crippen molar-refractivity contribution in [3.63, 3.8) is 0 Å². The van der Waals surface area contributed by atoms with E-state index in [-0.39, 0.29) is 5.91 Å². The number of ether oxygens (including phenoxy) is 1. The van der Waals surface area contributed by atoms with Gasteiger partial charge in [0.25, 0.3) is 5.91 Å². The van der Waals surface area contributed by atoms with Crippen LogP contribution in [-0.4, -0.2) is 49.0 Å². The number of nitrogens with zero attached hydrogens (tertiary/aromatic N) is 4. The quantitative estimate of drug-likeness (QED) is 0.860. The van der Waals surface area contributed by atoms with E-state index in [0.717, 1.165) is 54.9 Å². The number of aromatic amines is 1. The maximum atomic E-state index is 13.1. The Balaban J connectivity index is 1.38. The fourth-order valence-corrected chi connectivity index (χ4v) is 3.89. The Bertz CT molecular complexity index is 838. The van der Waals surface area contributed by atoms with Crippen LogP contribution in [0.1, 0.15) is 58.5 Å². The second-order valence-electron chi connectivity index (χ2n) is 7.48. The van der Waals surface area contributed by atoms with E-state index in [2.05, 4.69) is 15.3 Å². The molecule has 1 amide bonds. The monoisotopic (exact) mass is 357 g/mol. The molecular formula is C18H23N5O3. The first-order valence-electron chi connectivity index (χ1n) is 9.38. The van der Waals surface area contributed by atoms with Crippen LogP contribution in [0, 0.1) is 5.92 Å². The largest absolute Gasteiger partial charge is 0.386 e. The minimum absolute atomic E-state index is 0.0630. The molecule has 2 aromatic rings. The van der Waals surface area contributed by atoms with Crippen LogP contribution in [-0.2, 0) is 30.9 Å². The summed E-state index contributed by atoms with van der Waals surface area (Å²) in [5, 5.41) is 22.2. The summed E-state index contributed by atoms with van der Waals surface area (Å²) in [7, 11) is 0. The maximum absolute atomic E-state index is 13.1. The molecule has 1 atom stereocenters. The zero-order valence-corrected chi connectivity index (χ0v) is 14.6. The summed E-state index contributed by atoms with van der Waals surface area (Å²) in [5.74, 6) is 0.286. The standard InChI is InChI=1S/C18H23N5O3/c24-17(11-2-3-11)15-8-12-9-22(5-1-6-23(12)21-15)18(25)16-13-10-26-7-4-14(13)19-20-16/h8,11,17,24H,1-7,9-10H2,(H,19,20). The molecule has 8 heteroatoms. The van der Waals surface area contributed by atoms with E-state index in [0.29, 0.717) is 37.9 Å². The highest BCUT2D eigenvalue weighted by molar-refractivity contribution is 5.94. The zero-order valence-electron chi connectivity index (χ0n) is 14.6. The number of hydrogen-bond acceptors (Lipinski definition) is 5. The summed E-state index contributed by atoms with van der Waals surface area (Å²) in [6, 6.07) is 1.96. The van der Waals surface area contributed by atoms with Crippen LogP contribution in [0.4, 0.5) is 0 Å². The van der Waals surface area contributed by atoms with Crippen LogP contribution in [0.25, 0.3) is 0 Å². The van der Waals surface area contributed by atoms with Crippen molar-refractivity contribution in [2.45, 2.75) is 51.5 Å². The number of nitrogens with one attached hydrogen (secondary N) is 1. The number of fused-ring (bicyclic) bond motifs is 2. The molecule has 1 saturated carbocycles. The topological polar surface area (TPSA) is 96.3 Å². The molecule has 138 valence electrons. The average Bonchev–Trinajstić information content (AvgIpc) is 3.36. The lowest BCUT2D eigenvalue weighted by atomic mass is 10.1. The van der Waals surface area contributed by atoms with Crippen LogP contribution in [0.3, 0.4) is 0 Å². The molecule has 2 aromatic heterocycles. The summed E-state index contributed by atoms with van der Waals surface area (Å²) < 4.78 is 7.44. The van der Waals surface area contributed by atoms with Gasteiger partial charge in [0.1, 0.15) is 6.10 Å². The van der Waals surface area contributed by atoms with Crippen LogP contribution < -0.4 is 0 Å². The molecular weight excluding hydrogens is 334 g/mol. The number of aryl methyl sites for hydroxylation is 1. The Hall–Kier alpha value is -2.19. The summed E-state index contributed by atoms with van der Waals surface area (Å²) in [6.07, 6.45) is 3.27. The Morgan fingerprint density at radius 1 is 1.38 bits per heavy atom. The Kier molecular flexibility index (Phi) is 3.82. The van der Waals surface area contributed by atoms with Crippen LogP contribution in [0.15, 0.2) is 6.07 Å². The van der Waals surface area contributed by atoms with Gasteiger partial charge in [0.2, 0.25) is 0 Å². The fraction of sp³-hybridized carbons (Fsp3) is 0.611. The van der Waals surface area contributed by atoms with Gasteiger partial charge in [-0.15, -0.1) is 0 Å². The first-order valence-corrected chi connectivity index (χ1v) is 9.38. The molecule has 5 rings (SSSR count). The first-order chi connectivity index (χ1) is 12.7. The molecule has 4 heterocycles. The summed E-state index contributed by atoms with van der Waals surface area (Å²) in [4.78, 5) is 14.9. The predicted molar refractivity (Wildman–Crippen MR) is 91.2 cm³/mol. The second-order valence-corrected chi connectivity index (χ2v) is 7.48. The van der Waals surface area contributed by atoms with Gasteiger partial charge < -0.3 is 14.7 Å². The van der Waals surface area contributed by atoms with Gasteiger partial charge in [-0.1, -0.05) is 0 Å². The van der Waals surface area contributed by atoms with Gasteiger partial charge in [-0.2, -0.15) is 10.2 Å². The van der Waals surface area contributed by atoms with Crippen molar-refractivity contribution in [2.24, 2.45) is 5.92 Å². The molecule has 26 heavy (non-hydrogen) atoms. The van der Waals surface area contributed by atoms with Crippen molar-refractivity contribution < 1.29 is 14.6 Å². The number of carbonyl (C=O) groups is 1. The molecule has 0 saturated heterocycles. The maximum Gasteiger partial charge on any atom is 0.275 e. The van der Waals surface area contributed by atoms with Crippen molar-refractivity contribution in [1.29, 1.82) is 0 Å². The molecule has 1 unspecified atom stereocenters. The SMILES string of the molecule is O=C(c1n[nH]c2c1COCC2)N1CCCn2nc(C(O)C3CC3)cc2C1. The molecule has 0 spiro atoms. The number of carbonyl (C=O) groups excluding carboxylic acids is 1. The molecule has 2 N–H and O–H groups in total. The van der Waals surface area contributed by atoms with Gasteiger partial charge in [0, 0.05) is 30.8 Å². The number of hydrogen-bond donors (Lipinski definition) is 2. The van der Waals surface area contributed by atoms with E-state index >= 15 is 0 Å². The summed E-state index contributed by atoms with van der Waals surface area (Å²) in [5.41, 5.74) is 4.10. The van der Waals surface area contributed by atoms with Gasteiger partial charge in [-0.25, -0.2) is 0 Å². The third-order valence-corrected chi connectivity index (χ3v) is 5.59. The summed E-state index contributed by atoms with van der Waals surface area (Å²) >= 11 is 0. The third kappa shape index (κ3) is 2.73. The lowest BCUT2D eigenvalue weighted by molar-refractivity contribution is 0.0726. The number of amides is 1. The Morgan fingerprint density at radius 3 is 3.12 bits per heavy atom. The first kappa shape index (κ1) is 16.0. The second kappa shape index (κ2) is 6.21.